The van der Waals surface area contributed by atoms with Crippen molar-refractivity contribution in [2.75, 3.05) is 11.5 Å². The fourth-order valence-corrected chi connectivity index (χ4v) is 3.01. The standard InChI is InChI=1S/C14H18N2O3S/c15-12(18)8-20-6-5-13(19)16-14-10-4-2-1-3-9(10)7-11(14)17/h1-4,11,14,17H,5-8H2,(H2,15,18)(H,16,19)/t11-,14+/m1/s1. The molecule has 108 valence electrons. The Kier molecular flexibility index (Phi) is 5.03. The van der Waals surface area contributed by atoms with E-state index in [2.05, 4.69) is 5.32 Å². The summed E-state index contributed by atoms with van der Waals surface area (Å²) in [7, 11) is 0. The average molecular weight is 294 g/mol. The van der Waals surface area contributed by atoms with Crippen LogP contribution in [-0.4, -0.2) is 34.5 Å². The van der Waals surface area contributed by atoms with Gasteiger partial charge in [-0.2, -0.15) is 11.8 Å². The van der Waals surface area contributed by atoms with E-state index >= 15 is 0 Å². The molecule has 0 heterocycles. The highest BCUT2D eigenvalue weighted by molar-refractivity contribution is 7.99. The molecular formula is C14H18N2O3S. The summed E-state index contributed by atoms with van der Waals surface area (Å²) in [5.74, 6) is 0.264. The summed E-state index contributed by atoms with van der Waals surface area (Å²) in [5, 5.41) is 12.9. The number of carbonyl (C=O) groups is 2. The Morgan fingerprint density at radius 3 is 2.90 bits per heavy atom. The third-order valence-corrected chi connectivity index (χ3v) is 4.22. The summed E-state index contributed by atoms with van der Waals surface area (Å²) in [6.07, 6.45) is 0.301. The molecule has 1 aliphatic carbocycles. The lowest BCUT2D eigenvalue weighted by molar-refractivity contribution is -0.122. The molecule has 0 saturated carbocycles. The number of hydrogen-bond acceptors (Lipinski definition) is 4. The first kappa shape index (κ1) is 14.9. The van der Waals surface area contributed by atoms with Gasteiger partial charge in [-0.1, -0.05) is 24.3 Å². The quantitative estimate of drug-likeness (QED) is 0.661. The minimum absolute atomic E-state index is 0.122. The Bertz CT molecular complexity index is 507. The number of amides is 2. The van der Waals surface area contributed by atoms with Crippen LogP contribution in [0.2, 0.25) is 0 Å². The predicted octanol–water partition coefficient (Wildman–Crippen LogP) is 0.369. The number of benzene rings is 1. The van der Waals surface area contributed by atoms with Crippen molar-refractivity contribution in [2.24, 2.45) is 5.73 Å². The summed E-state index contributed by atoms with van der Waals surface area (Å²) in [6, 6.07) is 7.39. The number of thioether (sulfide) groups is 1. The Hall–Kier alpha value is -1.53. The number of nitrogens with one attached hydrogen (secondary N) is 1. The molecule has 0 aliphatic heterocycles. The van der Waals surface area contributed by atoms with Gasteiger partial charge in [0.2, 0.25) is 11.8 Å². The molecule has 0 fully saturated rings. The Labute approximate surface area is 121 Å². The summed E-state index contributed by atoms with van der Waals surface area (Å²) >= 11 is 1.34. The summed E-state index contributed by atoms with van der Waals surface area (Å²) in [6.45, 7) is 0. The number of primary amides is 1. The highest BCUT2D eigenvalue weighted by atomic mass is 32.2. The van der Waals surface area contributed by atoms with Crippen LogP contribution in [0.3, 0.4) is 0 Å². The molecule has 1 aromatic rings. The van der Waals surface area contributed by atoms with E-state index in [1.54, 1.807) is 0 Å². The lowest BCUT2D eigenvalue weighted by Crippen LogP contribution is -2.34. The Morgan fingerprint density at radius 2 is 2.15 bits per heavy atom. The van der Waals surface area contributed by atoms with Gasteiger partial charge < -0.3 is 16.2 Å². The first-order valence-corrected chi connectivity index (χ1v) is 7.64. The SMILES string of the molecule is NC(=O)CSCCC(=O)N[C@H]1c2ccccc2C[C@H]1O. The number of fused-ring (bicyclic) bond motifs is 1. The van der Waals surface area contributed by atoms with E-state index in [1.165, 1.54) is 11.8 Å². The minimum atomic E-state index is -0.574. The molecule has 1 aliphatic rings. The molecule has 20 heavy (non-hydrogen) atoms. The average Bonchev–Trinajstić information content (AvgIpc) is 2.71. The molecule has 5 nitrogen and oxygen atoms in total. The third-order valence-electron chi connectivity index (χ3n) is 3.24. The van der Waals surface area contributed by atoms with Gasteiger partial charge >= 0.3 is 0 Å². The zero-order valence-corrected chi connectivity index (χ0v) is 11.9. The Balaban J connectivity index is 1.84. The second kappa shape index (κ2) is 6.76. The topological polar surface area (TPSA) is 92.4 Å². The lowest BCUT2D eigenvalue weighted by atomic mass is 10.1. The zero-order chi connectivity index (χ0) is 14.5. The minimum Gasteiger partial charge on any atom is -0.390 e. The van der Waals surface area contributed by atoms with Gasteiger partial charge in [0, 0.05) is 18.6 Å². The maximum absolute atomic E-state index is 11.8. The highest BCUT2D eigenvalue weighted by Crippen LogP contribution is 2.31. The second-order valence-electron chi connectivity index (χ2n) is 4.78. The van der Waals surface area contributed by atoms with Gasteiger partial charge in [0.05, 0.1) is 17.9 Å². The van der Waals surface area contributed by atoms with Crippen molar-refractivity contribution in [1.82, 2.24) is 5.32 Å². The third kappa shape index (κ3) is 3.74. The van der Waals surface area contributed by atoms with Crippen LogP contribution in [0.1, 0.15) is 23.6 Å². The van der Waals surface area contributed by atoms with Gasteiger partial charge in [-0.3, -0.25) is 9.59 Å². The van der Waals surface area contributed by atoms with Gasteiger partial charge in [-0.25, -0.2) is 0 Å². The fourth-order valence-electron chi connectivity index (χ4n) is 2.33. The summed E-state index contributed by atoms with van der Waals surface area (Å²) < 4.78 is 0. The molecular weight excluding hydrogens is 276 g/mol. The number of carbonyl (C=O) groups excluding carboxylic acids is 2. The maximum Gasteiger partial charge on any atom is 0.227 e. The molecule has 2 rings (SSSR count). The van der Waals surface area contributed by atoms with Crippen molar-refractivity contribution in [2.45, 2.75) is 25.0 Å². The van der Waals surface area contributed by atoms with Crippen LogP contribution in [0, 0.1) is 0 Å². The molecule has 1 aromatic carbocycles. The first-order chi connectivity index (χ1) is 9.58. The lowest BCUT2D eigenvalue weighted by Gasteiger charge is -2.17. The van der Waals surface area contributed by atoms with Crippen LogP contribution < -0.4 is 11.1 Å². The molecule has 0 aromatic heterocycles. The Morgan fingerprint density at radius 1 is 1.40 bits per heavy atom. The normalized spacial score (nSPS) is 20.4. The van der Waals surface area contributed by atoms with E-state index in [4.69, 9.17) is 5.73 Å². The molecule has 6 heteroatoms. The maximum atomic E-state index is 11.8. The summed E-state index contributed by atoms with van der Waals surface area (Å²) in [4.78, 5) is 22.4. The van der Waals surface area contributed by atoms with Crippen molar-refractivity contribution in [3.63, 3.8) is 0 Å². The van der Waals surface area contributed by atoms with Gasteiger partial charge in [-0.15, -0.1) is 0 Å². The van der Waals surface area contributed by atoms with Crippen molar-refractivity contribution in [3.8, 4) is 0 Å². The van der Waals surface area contributed by atoms with E-state index in [9.17, 15) is 14.7 Å². The molecule has 0 unspecified atom stereocenters. The molecule has 0 spiro atoms. The van der Waals surface area contributed by atoms with Gasteiger partial charge in [0.15, 0.2) is 0 Å². The van der Waals surface area contributed by atoms with Gasteiger partial charge in [0.25, 0.3) is 0 Å². The molecule has 0 saturated heterocycles. The van der Waals surface area contributed by atoms with Crippen molar-refractivity contribution >= 4 is 23.6 Å². The van der Waals surface area contributed by atoms with Crippen LogP contribution in [0.15, 0.2) is 24.3 Å². The predicted molar refractivity (Wildman–Crippen MR) is 78.2 cm³/mol. The molecule has 0 radical (unpaired) electrons. The van der Waals surface area contributed by atoms with Crippen LogP contribution >= 0.6 is 11.8 Å². The number of aliphatic hydroxyl groups excluding tert-OH is 1. The van der Waals surface area contributed by atoms with Crippen LogP contribution in [0.25, 0.3) is 0 Å². The van der Waals surface area contributed by atoms with Crippen molar-refractivity contribution in [3.05, 3.63) is 35.4 Å². The smallest absolute Gasteiger partial charge is 0.227 e. The zero-order valence-electron chi connectivity index (χ0n) is 11.0. The highest BCUT2D eigenvalue weighted by Gasteiger charge is 2.31. The van der Waals surface area contributed by atoms with Gasteiger partial charge in [-0.05, 0) is 11.1 Å². The number of aliphatic hydroxyl groups is 1. The van der Waals surface area contributed by atoms with Crippen LogP contribution in [-0.2, 0) is 16.0 Å². The molecule has 0 bridgehead atoms. The van der Waals surface area contributed by atoms with Crippen molar-refractivity contribution < 1.29 is 14.7 Å². The monoisotopic (exact) mass is 294 g/mol. The molecule has 2 amide bonds. The van der Waals surface area contributed by atoms with E-state index in [-0.39, 0.29) is 23.6 Å². The van der Waals surface area contributed by atoms with E-state index in [0.717, 1.165) is 11.1 Å². The van der Waals surface area contributed by atoms with Crippen LogP contribution in [0.5, 0.6) is 0 Å². The van der Waals surface area contributed by atoms with E-state index in [0.29, 0.717) is 18.6 Å². The summed E-state index contributed by atoms with van der Waals surface area (Å²) in [5.41, 5.74) is 7.08. The number of rotatable bonds is 6. The van der Waals surface area contributed by atoms with E-state index in [1.807, 2.05) is 24.3 Å². The van der Waals surface area contributed by atoms with Gasteiger partial charge in [0.1, 0.15) is 0 Å². The number of nitrogens with two attached hydrogens (primary N) is 1. The van der Waals surface area contributed by atoms with E-state index < -0.39 is 6.10 Å². The number of hydrogen-bond donors (Lipinski definition) is 3. The van der Waals surface area contributed by atoms with Crippen molar-refractivity contribution in [1.29, 1.82) is 0 Å². The largest absolute Gasteiger partial charge is 0.390 e. The van der Waals surface area contributed by atoms with Crippen LogP contribution in [0.4, 0.5) is 0 Å². The molecule has 2 atom stereocenters. The first-order valence-electron chi connectivity index (χ1n) is 6.49. The molecule has 4 N–H and O–H groups in total. The fraction of sp³-hybridized carbons (Fsp3) is 0.429. The second-order valence-corrected chi connectivity index (χ2v) is 5.89.